The number of benzene rings is 1. The molecule has 1 aromatic rings. The lowest BCUT2D eigenvalue weighted by molar-refractivity contribution is -0.119. The minimum atomic E-state index is -0.516. The number of halogens is 1. The maximum Gasteiger partial charge on any atom is 0.227 e. The summed E-state index contributed by atoms with van der Waals surface area (Å²) < 4.78 is 13.6. The van der Waals surface area contributed by atoms with E-state index in [4.69, 9.17) is 5.11 Å². The van der Waals surface area contributed by atoms with E-state index in [1.54, 1.807) is 6.07 Å². The van der Waals surface area contributed by atoms with Crippen LogP contribution in [0.5, 0.6) is 0 Å². The summed E-state index contributed by atoms with van der Waals surface area (Å²) in [4.78, 5) is 11.6. The Bertz CT molecular complexity index is 488. The monoisotopic (exact) mass is 249 g/mol. The highest BCUT2D eigenvalue weighted by Gasteiger charge is 2.11. The lowest BCUT2D eigenvalue weighted by Crippen LogP contribution is -2.19. The molecular weight excluding hydrogens is 233 g/mol. The summed E-state index contributed by atoms with van der Waals surface area (Å²) in [6.45, 7) is 3.41. The third-order valence-electron chi connectivity index (χ3n) is 2.60. The Morgan fingerprint density at radius 3 is 2.83 bits per heavy atom. The summed E-state index contributed by atoms with van der Waals surface area (Å²) in [6, 6.07) is 4.29. The second-order valence-electron chi connectivity index (χ2n) is 3.95. The van der Waals surface area contributed by atoms with Crippen LogP contribution in [0.4, 0.5) is 10.1 Å². The quantitative estimate of drug-likeness (QED) is 0.806. The lowest BCUT2D eigenvalue weighted by Gasteiger charge is -2.10. The van der Waals surface area contributed by atoms with Gasteiger partial charge in [-0.05, 0) is 24.6 Å². The average molecular weight is 249 g/mol. The number of hydrogen-bond acceptors (Lipinski definition) is 2. The minimum absolute atomic E-state index is 0.109. The van der Waals surface area contributed by atoms with Gasteiger partial charge in [0.25, 0.3) is 0 Å². The zero-order valence-corrected chi connectivity index (χ0v) is 10.5. The second-order valence-corrected chi connectivity index (χ2v) is 3.95. The molecule has 0 aliphatic rings. The molecule has 2 N–H and O–H groups in total. The molecule has 1 aromatic carbocycles. The summed E-state index contributed by atoms with van der Waals surface area (Å²) >= 11 is 0. The molecule has 1 rings (SSSR count). The van der Waals surface area contributed by atoms with Gasteiger partial charge in [-0.1, -0.05) is 25.7 Å². The third-order valence-corrected chi connectivity index (χ3v) is 2.60. The first kappa shape index (κ1) is 14.2. The Hall–Kier alpha value is -1.86. The van der Waals surface area contributed by atoms with Gasteiger partial charge >= 0.3 is 0 Å². The van der Waals surface area contributed by atoms with Crippen molar-refractivity contribution in [3.8, 4) is 11.8 Å². The van der Waals surface area contributed by atoms with E-state index in [0.29, 0.717) is 5.69 Å². The van der Waals surface area contributed by atoms with Crippen molar-refractivity contribution in [3.63, 3.8) is 0 Å². The van der Waals surface area contributed by atoms with Crippen molar-refractivity contribution in [2.75, 3.05) is 11.9 Å². The molecule has 3 nitrogen and oxygen atoms in total. The zero-order chi connectivity index (χ0) is 13.5. The highest BCUT2D eigenvalue weighted by molar-refractivity contribution is 5.92. The molecule has 0 radical (unpaired) electrons. The van der Waals surface area contributed by atoms with Crippen LogP contribution >= 0.6 is 0 Å². The highest BCUT2D eigenvalue weighted by atomic mass is 19.1. The molecule has 4 heteroatoms. The Labute approximate surface area is 106 Å². The topological polar surface area (TPSA) is 49.3 Å². The highest BCUT2D eigenvalue weighted by Crippen LogP contribution is 2.15. The van der Waals surface area contributed by atoms with Crippen molar-refractivity contribution in [1.82, 2.24) is 0 Å². The van der Waals surface area contributed by atoms with Crippen LogP contribution in [-0.2, 0) is 4.79 Å². The van der Waals surface area contributed by atoms with Crippen molar-refractivity contribution < 1.29 is 14.3 Å². The predicted octanol–water partition coefficient (Wildman–Crippen LogP) is 2.15. The van der Waals surface area contributed by atoms with Crippen LogP contribution in [0.3, 0.4) is 0 Å². The van der Waals surface area contributed by atoms with Crippen molar-refractivity contribution in [2.24, 2.45) is 5.92 Å². The van der Waals surface area contributed by atoms with Crippen LogP contribution in [0.25, 0.3) is 0 Å². The normalized spacial score (nSPS) is 11.3. The predicted molar refractivity (Wildman–Crippen MR) is 68.4 cm³/mol. The zero-order valence-electron chi connectivity index (χ0n) is 10.5. The van der Waals surface area contributed by atoms with Crippen molar-refractivity contribution >= 4 is 11.6 Å². The van der Waals surface area contributed by atoms with Crippen molar-refractivity contribution in [3.05, 3.63) is 29.6 Å². The fraction of sp³-hybridized carbons (Fsp3) is 0.357. The molecule has 96 valence electrons. The first-order valence-electron chi connectivity index (χ1n) is 5.78. The van der Waals surface area contributed by atoms with Crippen LogP contribution in [0, 0.1) is 23.6 Å². The van der Waals surface area contributed by atoms with Crippen LogP contribution in [-0.4, -0.2) is 17.6 Å². The Morgan fingerprint density at radius 2 is 2.28 bits per heavy atom. The summed E-state index contributed by atoms with van der Waals surface area (Å²) in [7, 11) is 0. The number of aliphatic hydroxyl groups is 1. The van der Waals surface area contributed by atoms with E-state index in [0.717, 1.165) is 6.42 Å². The van der Waals surface area contributed by atoms with E-state index in [1.165, 1.54) is 12.1 Å². The first-order chi connectivity index (χ1) is 8.58. The molecule has 1 amide bonds. The van der Waals surface area contributed by atoms with Crippen LogP contribution in [0.1, 0.15) is 25.8 Å². The molecule has 18 heavy (non-hydrogen) atoms. The van der Waals surface area contributed by atoms with Gasteiger partial charge in [-0.2, -0.15) is 0 Å². The molecule has 0 spiro atoms. The van der Waals surface area contributed by atoms with Crippen LogP contribution in [0.15, 0.2) is 18.2 Å². The van der Waals surface area contributed by atoms with Gasteiger partial charge in [0, 0.05) is 11.6 Å². The van der Waals surface area contributed by atoms with E-state index in [-0.39, 0.29) is 24.0 Å². The molecule has 0 fully saturated rings. The number of anilines is 1. The van der Waals surface area contributed by atoms with Gasteiger partial charge in [0.2, 0.25) is 5.91 Å². The van der Waals surface area contributed by atoms with Gasteiger partial charge in [-0.25, -0.2) is 4.39 Å². The standard InChI is InChI=1S/C14H16FNO2/c1-3-10(2)14(18)16-12-7-6-11(5-4-8-17)13(15)9-12/h6-7,9-10,17H,3,8H2,1-2H3,(H,16,18). The largest absolute Gasteiger partial charge is 0.384 e. The Morgan fingerprint density at radius 1 is 1.56 bits per heavy atom. The number of carbonyl (C=O) groups is 1. The molecule has 0 aliphatic carbocycles. The van der Waals surface area contributed by atoms with Crippen molar-refractivity contribution in [2.45, 2.75) is 20.3 Å². The number of nitrogens with one attached hydrogen (secondary N) is 1. The minimum Gasteiger partial charge on any atom is -0.384 e. The SMILES string of the molecule is CCC(C)C(=O)Nc1ccc(C#CCO)c(F)c1. The number of aliphatic hydroxyl groups excluding tert-OH is 1. The van der Waals surface area contributed by atoms with E-state index in [2.05, 4.69) is 17.2 Å². The van der Waals surface area contributed by atoms with E-state index in [1.807, 2.05) is 13.8 Å². The van der Waals surface area contributed by atoms with E-state index < -0.39 is 5.82 Å². The van der Waals surface area contributed by atoms with E-state index >= 15 is 0 Å². The summed E-state index contributed by atoms with van der Waals surface area (Å²) in [5.41, 5.74) is 0.609. The van der Waals surface area contributed by atoms with Gasteiger partial charge < -0.3 is 10.4 Å². The van der Waals surface area contributed by atoms with Crippen molar-refractivity contribution in [1.29, 1.82) is 0 Å². The summed E-state index contributed by atoms with van der Waals surface area (Å²) in [5.74, 6) is 4.10. The average Bonchev–Trinajstić information content (AvgIpc) is 2.36. The first-order valence-corrected chi connectivity index (χ1v) is 5.78. The van der Waals surface area contributed by atoms with Gasteiger partial charge in [-0.3, -0.25) is 4.79 Å². The summed E-state index contributed by atoms with van der Waals surface area (Å²) in [5, 5.41) is 11.2. The molecule has 1 atom stereocenters. The van der Waals surface area contributed by atoms with Gasteiger partial charge in [0.15, 0.2) is 0 Å². The van der Waals surface area contributed by atoms with Gasteiger partial charge in [0.05, 0.1) is 5.56 Å². The third kappa shape index (κ3) is 3.86. The molecule has 0 saturated carbocycles. The lowest BCUT2D eigenvalue weighted by atomic mass is 10.1. The van der Waals surface area contributed by atoms with Crippen LogP contribution in [0.2, 0.25) is 0 Å². The van der Waals surface area contributed by atoms with Gasteiger partial charge in [-0.15, -0.1) is 0 Å². The second kappa shape index (κ2) is 6.77. The molecule has 1 unspecified atom stereocenters. The molecule has 0 aliphatic heterocycles. The fourth-order valence-electron chi connectivity index (χ4n) is 1.28. The summed E-state index contributed by atoms with van der Waals surface area (Å²) in [6.07, 6.45) is 0.731. The maximum absolute atomic E-state index is 13.6. The smallest absolute Gasteiger partial charge is 0.227 e. The number of rotatable bonds is 3. The molecular formula is C14H16FNO2. The fourth-order valence-corrected chi connectivity index (χ4v) is 1.28. The molecule has 0 bridgehead atoms. The van der Waals surface area contributed by atoms with E-state index in [9.17, 15) is 9.18 Å². The number of carbonyl (C=O) groups excluding carboxylic acids is 1. The molecule has 0 saturated heterocycles. The Kier molecular flexibility index (Phi) is 5.34. The number of amides is 1. The van der Waals surface area contributed by atoms with Gasteiger partial charge in [0.1, 0.15) is 12.4 Å². The van der Waals surface area contributed by atoms with Crippen LogP contribution < -0.4 is 5.32 Å². The Balaban J connectivity index is 2.82. The molecule has 0 aromatic heterocycles. The molecule has 0 heterocycles. The number of hydrogen-bond donors (Lipinski definition) is 2. The maximum atomic E-state index is 13.6.